The van der Waals surface area contributed by atoms with Gasteiger partial charge in [-0.2, -0.15) is 0 Å². The molecule has 20 nitrogen and oxygen atoms in total. The van der Waals surface area contributed by atoms with Crippen molar-refractivity contribution in [1.29, 1.82) is 0 Å². The van der Waals surface area contributed by atoms with Gasteiger partial charge in [-0.3, -0.25) is 0 Å². The van der Waals surface area contributed by atoms with E-state index < -0.39 is 47.8 Å². The zero-order chi connectivity index (χ0) is 58.1. The number of rotatable bonds is 24. The molecule has 20 heteroatoms. The zero-order valence-corrected chi connectivity index (χ0v) is 45.9. The van der Waals surface area contributed by atoms with Gasteiger partial charge in [0.1, 0.15) is 75.9 Å². The minimum atomic E-state index is -0.787. The fourth-order valence-corrected chi connectivity index (χ4v) is 8.48. The van der Waals surface area contributed by atoms with E-state index in [4.69, 9.17) is 37.9 Å². The van der Waals surface area contributed by atoms with Crippen molar-refractivity contribution < 1.29 is 95.2 Å². The number of fused-ring (bicyclic) bond motifs is 8. The second-order valence-electron chi connectivity index (χ2n) is 17.8. The van der Waals surface area contributed by atoms with Gasteiger partial charge in [0.15, 0.2) is 0 Å². The molecule has 8 bridgehead atoms. The van der Waals surface area contributed by atoms with Gasteiger partial charge in [-0.15, -0.1) is 0 Å². The van der Waals surface area contributed by atoms with Crippen LogP contribution in [-0.2, 0) is 102 Å². The molecule has 0 saturated heterocycles. The van der Waals surface area contributed by atoms with Crippen molar-refractivity contribution in [2.45, 2.75) is 53.4 Å². The van der Waals surface area contributed by atoms with Crippen molar-refractivity contribution in [3.05, 3.63) is 164 Å². The summed E-state index contributed by atoms with van der Waals surface area (Å²) in [6.45, 7) is 6.62. The Morgan fingerprint density at radius 1 is 0.287 bits per heavy atom. The molecule has 0 unspecified atom stereocenters. The van der Waals surface area contributed by atoms with Crippen LogP contribution in [-0.4, -0.2) is 129 Å². The Kier molecular flexibility index (Phi) is 24.1. The van der Waals surface area contributed by atoms with E-state index in [0.29, 0.717) is 23.0 Å². The predicted octanol–water partition coefficient (Wildman–Crippen LogP) is 6.20. The van der Waals surface area contributed by atoms with Crippen LogP contribution in [0.3, 0.4) is 0 Å². The van der Waals surface area contributed by atoms with E-state index in [-0.39, 0.29) is 78.5 Å². The van der Waals surface area contributed by atoms with Crippen molar-refractivity contribution >= 4 is 47.8 Å². The van der Waals surface area contributed by atoms with Crippen LogP contribution in [0, 0.1) is 27.7 Å². The van der Waals surface area contributed by atoms with E-state index >= 15 is 0 Å². The van der Waals surface area contributed by atoms with Crippen molar-refractivity contribution in [2.75, 3.05) is 81.3 Å². The molecule has 0 amide bonds. The Bertz CT molecular complexity index is 2550. The standard InChI is InChI=1S/C60H64O20/c1-37-25-41-33-43-27-38(2)29-45(58(43)78-22-18-74-54(66)14-10-50(62)70-6)35-47-31-40(4)32-48(60(47)80-24-20-76-56(68)16-12-52(64)72-8)36-46-30-39(3)28-44(59(46)79-23-19-75-55(67)15-11-51(63)71-7)34-42(26-37)57(41)77-21-17-73-53(65)13-9-49(61)69-5/h9-16,25-32H,17-24,33-36H2,1-8H3/b13-9-,14-10-,15-11-,16-12-. The van der Waals surface area contributed by atoms with Crippen molar-refractivity contribution in [1.82, 2.24) is 0 Å². The third kappa shape index (κ3) is 19.7. The molecule has 0 spiro atoms. The van der Waals surface area contributed by atoms with Crippen molar-refractivity contribution in [2.24, 2.45) is 0 Å². The van der Waals surface area contributed by atoms with Crippen LogP contribution >= 0.6 is 0 Å². The monoisotopic (exact) mass is 1100 g/mol. The first-order chi connectivity index (χ1) is 38.4. The molecular formula is C60H64O20. The first-order valence-electron chi connectivity index (χ1n) is 25.1. The van der Waals surface area contributed by atoms with Crippen LogP contribution in [0.1, 0.15) is 66.8 Å². The third-order valence-electron chi connectivity index (χ3n) is 11.6. The Morgan fingerprint density at radius 3 is 0.613 bits per heavy atom. The normalized spacial score (nSPS) is 11.9. The maximum atomic E-state index is 12.6. The van der Waals surface area contributed by atoms with Crippen LogP contribution in [0.15, 0.2) is 97.1 Å². The van der Waals surface area contributed by atoms with Crippen LogP contribution in [0.2, 0.25) is 0 Å². The molecule has 0 aromatic heterocycles. The quantitative estimate of drug-likeness (QED) is 0.0289. The molecule has 0 heterocycles. The lowest BCUT2D eigenvalue weighted by Crippen LogP contribution is -2.16. The molecule has 0 radical (unpaired) electrons. The molecule has 80 heavy (non-hydrogen) atoms. The highest BCUT2D eigenvalue weighted by atomic mass is 16.6. The summed E-state index contributed by atoms with van der Waals surface area (Å²) < 4.78 is 66.3. The van der Waals surface area contributed by atoms with Gasteiger partial charge in [0.25, 0.3) is 0 Å². The number of methoxy groups -OCH3 is 4. The maximum absolute atomic E-state index is 12.6. The number of ether oxygens (including phenoxy) is 12. The Morgan fingerprint density at radius 2 is 0.450 bits per heavy atom. The Labute approximate surface area is 463 Å². The van der Waals surface area contributed by atoms with Gasteiger partial charge in [-0.25, -0.2) is 38.4 Å². The first kappa shape index (κ1) is 61.7. The summed E-state index contributed by atoms with van der Waals surface area (Å²) in [6, 6.07) is 15.8. The van der Waals surface area contributed by atoms with E-state index in [0.717, 1.165) is 115 Å². The Balaban J connectivity index is 1.69. The van der Waals surface area contributed by atoms with Crippen LogP contribution in [0.5, 0.6) is 23.0 Å². The lowest BCUT2D eigenvalue weighted by atomic mass is 9.88. The number of carbonyl (C=O) groups excluding carboxylic acids is 8. The van der Waals surface area contributed by atoms with E-state index in [2.05, 4.69) is 18.9 Å². The van der Waals surface area contributed by atoms with Crippen molar-refractivity contribution in [3.63, 3.8) is 0 Å². The number of hydrogen-bond donors (Lipinski definition) is 0. The number of esters is 8. The average molecular weight is 1110 g/mol. The second kappa shape index (κ2) is 31.3. The smallest absolute Gasteiger partial charge is 0.331 e. The van der Waals surface area contributed by atoms with Gasteiger partial charge >= 0.3 is 47.8 Å². The van der Waals surface area contributed by atoms with Gasteiger partial charge < -0.3 is 56.8 Å². The van der Waals surface area contributed by atoms with Crippen LogP contribution in [0.4, 0.5) is 0 Å². The molecule has 4 aromatic carbocycles. The summed E-state index contributed by atoms with van der Waals surface area (Å²) in [5, 5.41) is 0. The molecule has 0 N–H and O–H groups in total. The largest absolute Gasteiger partial charge is 0.489 e. The predicted molar refractivity (Wildman–Crippen MR) is 286 cm³/mol. The van der Waals surface area contributed by atoms with Crippen LogP contribution < -0.4 is 18.9 Å². The van der Waals surface area contributed by atoms with Gasteiger partial charge in [0, 0.05) is 74.3 Å². The summed E-state index contributed by atoms with van der Waals surface area (Å²) in [4.78, 5) is 96.8. The zero-order valence-electron chi connectivity index (χ0n) is 45.9. The summed E-state index contributed by atoms with van der Waals surface area (Å²) in [5.74, 6) is -4.17. The summed E-state index contributed by atoms with van der Waals surface area (Å²) in [5.41, 5.74) is 9.33. The summed E-state index contributed by atoms with van der Waals surface area (Å²) in [6.07, 6.45) is 8.53. The Hall–Kier alpha value is -9.20. The van der Waals surface area contributed by atoms with Crippen molar-refractivity contribution in [3.8, 4) is 23.0 Å². The fourth-order valence-electron chi connectivity index (χ4n) is 8.48. The lowest BCUT2D eigenvalue weighted by Gasteiger charge is -2.24. The van der Waals surface area contributed by atoms with E-state index in [1.807, 2.05) is 76.2 Å². The molecular weight excluding hydrogens is 1040 g/mol. The van der Waals surface area contributed by atoms with Gasteiger partial charge in [-0.1, -0.05) is 70.8 Å². The molecule has 424 valence electrons. The molecule has 1 aliphatic carbocycles. The lowest BCUT2D eigenvalue weighted by molar-refractivity contribution is -0.140. The highest BCUT2D eigenvalue weighted by molar-refractivity contribution is 5.93. The number of carbonyl (C=O) groups is 8. The number of aryl methyl sites for hydroxylation is 4. The molecule has 0 aliphatic heterocycles. The highest BCUT2D eigenvalue weighted by Crippen LogP contribution is 2.41. The van der Waals surface area contributed by atoms with Gasteiger partial charge in [0.2, 0.25) is 0 Å². The second-order valence-corrected chi connectivity index (χ2v) is 17.8. The number of benzene rings is 4. The van der Waals surface area contributed by atoms with E-state index in [1.54, 1.807) is 0 Å². The molecule has 0 fully saturated rings. The third-order valence-corrected chi connectivity index (χ3v) is 11.6. The molecule has 0 saturated carbocycles. The number of hydrogen-bond acceptors (Lipinski definition) is 20. The minimum absolute atomic E-state index is 0.0997. The van der Waals surface area contributed by atoms with Crippen LogP contribution in [0.25, 0.3) is 0 Å². The summed E-state index contributed by atoms with van der Waals surface area (Å²) >= 11 is 0. The molecule has 5 rings (SSSR count). The minimum Gasteiger partial charge on any atom is -0.489 e. The molecule has 1 aliphatic rings. The fraction of sp³-hybridized carbons (Fsp3) is 0.333. The first-order valence-corrected chi connectivity index (χ1v) is 25.1. The highest BCUT2D eigenvalue weighted by Gasteiger charge is 2.24. The average Bonchev–Trinajstić information content (AvgIpc) is 3.42. The summed E-state index contributed by atoms with van der Waals surface area (Å²) in [7, 11) is 4.73. The molecule has 4 aromatic rings. The topological polar surface area (TPSA) is 247 Å². The SMILES string of the molecule is COC(=O)/C=C\C(=O)OCCOc1c2cc(C)cc1Cc1cc(C)cc(c1OCCOC(=O)/C=C\C(=O)OC)Cc1cc(C)cc(c1OCCOC(=O)/C=C\C(=O)OC)Cc1cc(C)cc(c1OCCOC(=O)/C=C\C(=O)OC)C2. The van der Waals surface area contributed by atoms with E-state index in [9.17, 15) is 38.4 Å². The van der Waals surface area contributed by atoms with Gasteiger partial charge in [0.05, 0.1) is 28.4 Å². The maximum Gasteiger partial charge on any atom is 0.331 e. The van der Waals surface area contributed by atoms with Gasteiger partial charge in [-0.05, 0) is 72.2 Å². The molecule has 0 atom stereocenters. The van der Waals surface area contributed by atoms with E-state index in [1.165, 1.54) is 28.4 Å².